The van der Waals surface area contributed by atoms with E-state index in [1.165, 1.54) is 0 Å². The van der Waals surface area contributed by atoms with Crippen LogP contribution in [-0.4, -0.2) is 26.7 Å². The van der Waals surface area contributed by atoms with Crippen molar-refractivity contribution in [2.24, 2.45) is 11.5 Å². The minimum Gasteiger partial charge on any atom is -0.379 e. The Morgan fingerprint density at radius 2 is 2.00 bits per heavy atom. The molecule has 142 valence electrons. The molecule has 1 atom stereocenters. The Hall–Kier alpha value is -1.36. The molecule has 1 aromatic rings. The first kappa shape index (κ1) is 22.7. The number of hydrogen-bond donors (Lipinski definition) is 6. The van der Waals surface area contributed by atoms with E-state index < -0.39 is 0 Å². The molecular weight excluding hydrogens is 436 g/mol. The van der Waals surface area contributed by atoms with Crippen molar-refractivity contribution in [3.63, 3.8) is 0 Å². The highest BCUT2D eigenvalue weighted by molar-refractivity contribution is 9.10. The summed E-state index contributed by atoms with van der Waals surface area (Å²) in [6, 6.07) is 7.43. The van der Waals surface area contributed by atoms with E-state index in [1.807, 2.05) is 24.3 Å². The Labute approximate surface area is 170 Å². The van der Waals surface area contributed by atoms with Crippen molar-refractivity contribution in [1.82, 2.24) is 5.32 Å². The molecule has 1 unspecified atom stereocenters. The molecule has 7 nitrogen and oxygen atoms in total. The average molecular weight is 459 g/mol. The van der Waals surface area contributed by atoms with Gasteiger partial charge < -0.3 is 16.8 Å². The molecule has 0 saturated carbocycles. The average Bonchev–Trinajstić information content (AvgIpc) is 2.50. The molecule has 0 radical (unpaired) electrons. The second kappa shape index (κ2) is 12.1. The number of nitrogens with one attached hydrogen (secondary N) is 4. The molecule has 0 aromatic heterocycles. The van der Waals surface area contributed by atoms with Gasteiger partial charge in [-0.25, -0.2) is 0 Å². The van der Waals surface area contributed by atoms with Gasteiger partial charge in [0.1, 0.15) is 0 Å². The van der Waals surface area contributed by atoms with Crippen LogP contribution in [0.15, 0.2) is 28.7 Å². The van der Waals surface area contributed by atoms with Crippen LogP contribution in [0.4, 0.5) is 0 Å². The highest BCUT2D eigenvalue weighted by atomic mass is 79.9. The first-order valence-corrected chi connectivity index (χ1v) is 10.4. The van der Waals surface area contributed by atoms with E-state index in [4.69, 9.17) is 27.7 Å². The van der Waals surface area contributed by atoms with Crippen LogP contribution in [0.2, 0.25) is 0 Å². The second-order valence-corrected chi connectivity index (χ2v) is 8.78. The third-order valence-electron chi connectivity index (χ3n) is 3.15. The molecule has 0 bridgehead atoms. The Morgan fingerprint density at radius 1 is 1.27 bits per heavy atom. The van der Waals surface area contributed by atoms with Gasteiger partial charge in [0.05, 0.1) is 16.8 Å². The van der Waals surface area contributed by atoms with E-state index in [2.05, 4.69) is 21.2 Å². The van der Waals surface area contributed by atoms with Crippen LogP contribution in [0.1, 0.15) is 31.2 Å². The predicted octanol–water partition coefficient (Wildman–Crippen LogP) is 3.22. The van der Waals surface area contributed by atoms with Crippen LogP contribution >= 0.6 is 39.5 Å². The summed E-state index contributed by atoms with van der Waals surface area (Å²) in [4.78, 5) is 11.9. The van der Waals surface area contributed by atoms with Gasteiger partial charge in [0.2, 0.25) is 5.91 Å². The standard InChI is InChI=1S/C16H23BrN6OS2/c17-11-5-3-4-10(8-11)9-14(24)23-16(22)26-13(19)7-2-1-6-12(18)25-15(20)21/h3-5,8,12,19H,1-2,6-7,9,18H2,(H3,20,21)(H2,22,23,24). The van der Waals surface area contributed by atoms with E-state index in [9.17, 15) is 4.79 Å². The topological polar surface area (TPSA) is 153 Å². The van der Waals surface area contributed by atoms with E-state index in [0.717, 1.165) is 46.4 Å². The van der Waals surface area contributed by atoms with E-state index in [-0.39, 0.29) is 28.0 Å². The van der Waals surface area contributed by atoms with Crippen LogP contribution in [0, 0.1) is 16.2 Å². The number of amides is 1. The van der Waals surface area contributed by atoms with Crippen molar-refractivity contribution in [2.75, 3.05) is 0 Å². The quantitative estimate of drug-likeness (QED) is 0.153. The van der Waals surface area contributed by atoms with Crippen molar-refractivity contribution in [3.05, 3.63) is 34.3 Å². The fourth-order valence-corrected chi connectivity index (χ4v) is 3.77. The largest absolute Gasteiger partial charge is 0.379 e. The summed E-state index contributed by atoms with van der Waals surface area (Å²) in [6.07, 6.45) is 2.99. The summed E-state index contributed by atoms with van der Waals surface area (Å²) < 4.78 is 0.899. The maximum atomic E-state index is 11.9. The Morgan fingerprint density at radius 3 is 2.65 bits per heavy atom. The number of nitrogens with two attached hydrogens (primary N) is 2. The van der Waals surface area contributed by atoms with Gasteiger partial charge in [-0.2, -0.15) is 0 Å². The fraction of sp³-hybridized carbons (Fsp3) is 0.375. The summed E-state index contributed by atoms with van der Waals surface area (Å²) in [6.45, 7) is 0. The highest BCUT2D eigenvalue weighted by Crippen LogP contribution is 2.16. The number of unbranched alkanes of at least 4 members (excludes halogenated alkanes) is 1. The minimum atomic E-state index is -0.277. The van der Waals surface area contributed by atoms with Crippen LogP contribution < -0.4 is 16.8 Å². The minimum absolute atomic E-state index is 0.00727. The molecule has 1 amide bonds. The van der Waals surface area contributed by atoms with Crippen molar-refractivity contribution in [2.45, 2.75) is 37.5 Å². The maximum absolute atomic E-state index is 11.9. The zero-order valence-corrected chi connectivity index (χ0v) is 17.4. The smallest absolute Gasteiger partial charge is 0.230 e. The molecule has 0 aliphatic heterocycles. The van der Waals surface area contributed by atoms with Gasteiger partial charge >= 0.3 is 0 Å². The molecule has 10 heteroatoms. The monoisotopic (exact) mass is 458 g/mol. The van der Waals surface area contributed by atoms with E-state index in [0.29, 0.717) is 17.9 Å². The van der Waals surface area contributed by atoms with Crippen LogP contribution in [0.5, 0.6) is 0 Å². The summed E-state index contributed by atoms with van der Waals surface area (Å²) >= 11 is 5.43. The summed E-state index contributed by atoms with van der Waals surface area (Å²) in [5.41, 5.74) is 11.9. The molecule has 1 aromatic carbocycles. The number of rotatable bonds is 8. The molecular formula is C16H23BrN6OS2. The second-order valence-electron chi connectivity index (χ2n) is 5.48. The van der Waals surface area contributed by atoms with Crippen LogP contribution in [-0.2, 0) is 11.2 Å². The molecule has 0 saturated heterocycles. The fourth-order valence-electron chi connectivity index (χ4n) is 2.06. The molecule has 0 aliphatic carbocycles. The Balaban J connectivity index is 2.22. The molecule has 8 N–H and O–H groups in total. The normalized spacial score (nSPS) is 11.6. The first-order valence-electron chi connectivity index (χ1n) is 7.90. The highest BCUT2D eigenvalue weighted by Gasteiger charge is 2.10. The van der Waals surface area contributed by atoms with Crippen molar-refractivity contribution in [3.8, 4) is 0 Å². The molecule has 0 aliphatic rings. The van der Waals surface area contributed by atoms with Crippen molar-refractivity contribution >= 4 is 60.7 Å². The zero-order chi connectivity index (χ0) is 19.5. The Bertz CT molecular complexity index is 670. The van der Waals surface area contributed by atoms with Crippen LogP contribution in [0.3, 0.4) is 0 Å². The maximum Gasteiger partial charge on any atom is 0.230 e. The first-order chi connectivity index (χ1) is 12.3. The Kier molecular flexibility index (Phi) is 10.6. The SMILES string of the molecule is N=C(N)SC(N)CCCCC(=N)SC(=N)NC(=O)Cc1cccc(Br)c1. The molecule has 26 heavy (non-hydrogen) atoms. The van der Waals surface area contributed by atoms with E-state index >= 15 is 0 Å². The summed E-state index contributed by atoms with van der Waals surface area (Å²) in [5, 5.41) is 25.4. The van der Waals surface area contributed by atoms with Crippen LogP contribution in [0.25, 0.3) is 0 Å². The zero-order valence-electron chi connectivity index (χ0n) is 14.2. The third-order valence-corrected chi connectivity index (χ3v) is 5.20. The number of hydrogen-bond acceptors (Lipinski definition) is 7. The van der Waals surface area contributed by atoms with Gasteiger partial charge in [-0.3, -0.25) is 21.0 Å². The number of halogens is 1. The van der Waals surface area contributed by atoms with Gasteiger partial charge in [-0.1, -0.05) is 46.2 Å². The van der Waals surface area contributed by atoms with Crippen molar-refractivity contribution < 1.29 is 4.79 Å². The molecule has 0 heterocycles. The lowest BCUT2D eigenvalue weighted by molar-refractivity contribution is -0.119. The predicted molar refractivity (Wildman–Crippen MR) is 115 cm³/mol. The third kappa shape index (κ3) is 10.6. The molecule has 0 fully saturated rings. The van der Waals surface area contributed by atoms with Gasteiger partial charge in [0.15, 0.2) is 10.3 Å². The number of carbonyl (C=O) groups excluding carboxylic acids is 1. The lowest BCUT2D eigenvalue weighted by Gasteiger charge is -2.10. The number of carbonyl (C=O) groups is 1. The lowest BCUT2D eigenvalue weighted by Crippen LogP contribution is -2.29. The summed E-state index contributed by atoms with van der Waals surface area (Å²) in [7, 11) is 0. The van der Waals surface area contributed by atoms with Gasteiger partial charge in [-0.15, -0.1) is 0 Å². The van der Waals surface area contributed by atoms with Gasteiger partial charge in [0, 0.05) is 4.47 Å². The molecule has 0 spiro atoms. The molecule has 1 rings (SSSR count). The number of benzene rings is 1. The van der Waals surface area contributed by atoms with E-state index in [1.54, 1.807) is 0 Å². The van der Waals surface area contributed by atoms with Crippen molar-refractivity contribution in [1.29, 1.82) is 16.2 Å². The number of thioether (sulfide) groups is 2. The van der Waals surface area contributed by atoms with Gasteiger partial charge in [0.25, 0.3) is 0 Å². The summed E-state index contributed by atoms with van der Waals surface area (Å²) in [5.74, 6) is -0.277. The van der Waals surface area contributed by atoms with Gasteiger partial charge in [-0.05, 0) is 48.7 Å². The lowest BCUT2D eigenvalue weighted by atomic mass is 10.1. The number of amidine groups is 2.